The highest BCUT2D eigenvalue weighted by molar-refractivity contribution is 5.79. The number of para-hydroxylation sites is 1. The second kappa shape index (κ2) is 8.52. The molecule has 1 saturated heterocycles. The molecule has 0 bridgehead atoms. The molecular weight excluding hydrogens is 330 g/mol. The van der Waals surface area contributed by atoms with Gasteiger partial charge in [0.1, 0.15) is 5.75 Å². The van der Waals surface area contributed by atoms with Crippen molar-refractivity contribution in [2.24, 2.45) is 5.92 Å². The van der Waals surface area contributed by atoms with E-state index in [-0.39, 0.29) is 18.4 Å². The molecule has 1 N–H and O–H groups in total. The fourth-order valence-corrected chi connectivity index (χ4v) is 3.38. The summed E-state index contributed by atoms with van der Waals surface area (Å²) in [7, 11) is 0. The van der Waals surface area contributed by atoms with Crippen molar-refractivity contribution in [3.63, 3.8) is 0 Å². The van der Waals surface area contributed by atoms with E-state index < -0.39 is 11.9 Å². The standard InChI is InChI=1S/C21H23NO4/c23-20(12-7-13-26-17-10-5-2-6-11-17)22-14-18(19(15-22)21(24)25)16-8-3-1-4-9-16/h1-6,8-11,18-19H,7,12-15H2,(H,24,25)/t18-,19-/m1/s1. The lowest BCUT2D eigenvalue weighted by atomic mass is 9.89. The summed E-state index contributed by atoms with van der Waals surface area (Å²) in [6.45, 7) is 1.20. The molecule has 136 valence electrons. The normalized spacial score (nSPS) is 19.3. The number of aliphatic carboxylic acids is 1. The maximum atomic E-state index is 12.5. The zero-order chi connectivity index (χ0) is 18.4. The fraction of sp³-hybridized carbons (Fsp3) is 0.333. The monoisotopic (exact) mass is 353 g/mol. The Morgan fingerprint density at radius 1 is 1.00 bits per heavy atom. The van der Waals surface area contributed by atoms with Crippen LogP contribution < -0.4 is 4.74 Å². The molecule has 5 heteroatoms. The second-order valence-electron chi connectivity index (χ2n) is 6.53. The molecule has 26 heavy (non-hydrogen) atoms. The highest BCUT2D eigenvalue weighted by atomic mass is 16.5. The Kier molecular flexibility index (Phi) is 5.89. The first-order valence-corrected chi connectivity index (χ1v) is 8.88. The number of benzene rings is 2. The fourth-order valence-electron chi connectivity index (χ4n) is 3.38. The number of hydrogen-bond donors (Lipinski definition) is 1. The lowest BCUT2D eigenvalue weighted by Crippen LogP contribution is -2.30. The van der Waals surface area contributed by atoms with Gasteiger partial charge in [0.25, 0.3) is 0 Å². The second-order valence-corrected chi connectivity index (χ2v) is 6.53. The highest BCUT2D eigenvalue weighted by Crippen LogP contribution is 2.33. The Morgan fingerprint density at radius 3 is 2.31 bits per heavy atom. The molecule has 0 radical (unpaired) electrons. The molecule has 5 nitrogen and oxygen atoms in total. The number of carboxylic acid groups (broad SMARTS) is 1. The predicted molar refractivity (Wildman–Crippen MR) is 98.1 cm³/mol. The molecule has 2 aromatic carbocycles. The van der Waals surface area contributed by atoms with Crippen LogP contribution in [0.2, 0.25) is 0 Å². The lowest BCUT2D eigenvalue weighted by molar-refractivity contribution is -0.141. The number of nitrogens with zero attached hydrogens (tertiary/aromatic N) is 1. The predicted octanol–water partition coefficient (Wildman–Crippen LogP) is 3.17. The van der Waals surface area contributed by atoms with Crippen molar-refractivity contribution in [2.45, 2.75) is 18.8 Å². The van der Waals surface area contributed by atoms with E-state index in [0.29, 0.717) is 26.0 Å². The van der Waals surface area contributed by atoms with Gasteiger partial charge in [-0.3, -0.25) is 9.59 Å². The Bertz CT molecular complexity index is 732. The number of rotatable bonds is 7. The molecule has 1 heterocycles. The van der Waals surface area contributed by atoms with Crippen molar-refractivity contribution < 1.29 is 19.4 Å². The van der Waals surface area contributed by atoms with E-state index in [2.05, 4.69) is 0 Å². The number of carboxylic acids is 1. The van der Waals surface area contributed by atoms with Crippen molar-refractivity contribution in [1.29, 1.82) is 0 Å². The van der Waals surface area contributed by atoms with Crippen LogP contribution in [-0.4, -0.2) is 41.6 Å². The van der Waals surface area contributed by atoms with Crippen molar-refractivity contribution in [1.82, 2.24) is 4.90 Å². The van der Waals surface area contributed by atoms with E-state index in [1.54, 1.807) is 4.90 Å². The summed E-state index contributed by atoms with van der Waals surface area (Å²) in [4.78, 5) is 25.8. The van der Waals surface area contributed by atoms with Crippen LogP contribution in [-0.2, 0) is 9.59 Å². The van der Waals surface area contributed by atoms with Gasteiger partial charge in [-0.15, -0.1) is 0 Å². The van der Waals surface area contributed by atoms with E-state index in [9.17, 15) is 14.7 Å². The Labute approximate surface area is 153 Å². The van der Waals surface area contributed by atoms with Crippen LogP contribution in [0.5, 0.6) is 5.75 Å². The largest absolute Gasteiger partial charge is 0.494 e. The maximum absolute atomic E-state index is 12.5. The summed E-state index contributed by atoms with van der Waals surface area (Å²) in [6, 6.07) is 19.1. The van der Waals surface area contributed by atoms with Crippen molar-refractivity contribution >= 4 is 11.9 Å². The lowest BCUT2D eigenvalue weighted by Gasteiger charge is -2.16. The van der Waals surface area contributed by atoms with Gasteiger partial charge in [0.15, 0.2) is 0 Å². The van der Waals surface area contributed by atoms with Crippen molar-refractivity contribution in [2.75, 3.05) is 19.7 Å². The molecule has 0 saturated carbocycles. The molecule has 3 rings (SSSR count). The topological polar surface area (TPSA) is 66.8 Å². The van der Waals surface area contributed by atoms with Gasteiger partial charge in [0.05, 0.1) is 12.5 Å². The van der Waals surface area contributed by atoms with Crippen LogP contribution in [0.1, 0.15) is 24.3 Å². The van der Waals surface area contributed by atoms with Crippen LogP contribution >= 0.6 is 0 Å². The smallest absolute Gasteiger partial charge is 0.308 e. The van der Waals surface area contributed by atoms with Crippen molar-refractivity contribution in [3.8, 4) is 5.75 Å². The minimum atomic E-state index is -0.846. The zero-order valence-corrected chi connectivity index (χ0v) is 14.6. The van der Waals surface area contributed by atoms with Gasteiger partial charge in [-0.1, -0.05) is 48.5 Å². The summed E-state index contributed by atoms with van der Waals surface area (Å²) >= 11 is 0. The van der Waals surface area contributed by atoms with Crippen LogP contribution in [0.25, 0.3) is 0 Å². The van der Waals surface area contributed by atoms with Gasteiger partial charge >= 0.3 is 5.97 Å². The number of likely N-dealkylation sites (tertiary alicyclic amines) is 1. The van der Waals surface area contributed by atoms with E-state index in [4.69, 9.17) is 4.74 Å². The molecule has 0 aromatic heterocycles. The number of carbonyl (C=O) groups is 2. The van der Waals surface area contributed by atoms with Gasteiger partial charge in [-0.25, -0.2) is 0 Å². The first kappa shape index (κ1) is 18.0. The molecule has 2 aromatic rings. The Hall–Kier alpha value is -2.82. The molecule has 1 aliphatic rings. The number of carbonyl (C=O) groups excluding carboxylic acids is 1. The average Bonchev–Trinajstić information content (AvgIpc) is 3.12. The molecule has 0 spiro atoms. The number of hydrogen-bond acceptors (Lipinski definition) is 3. The zero-order valence-electron chi connectivity index (χ0n) is 14.6. The first-order valence-electron chi connectivity index (χ1n) is 8.88. The van der Waals surface area contributed by atoms with Crippen molar-refractivity contribution in [3.05, 3.63) is 66.2 Å². The quantitative estimate of drug-likeness (QED) is 0.777. The Balaban J connectivity index is 1.52. The van der Waals surface area contributed by atoms with Gasteiger partial charge in [-0.2, -0.15) is 0 Å². The minimum Gasteiger partial charge on any atom is -0.494 e. The maximum Gasteiger partial charge on any atom is 0.308 e. The van der Waals surface area contributed by atoms with E-state index in [1.165, 1.54) is 0 Å². The third-order valence-corrected chi connectivity index (χ3v) is 4.76. The summed E-state index contributed by atoms with van der Waals surface area (Å²) in [6.07, 6.45) is 0.971. The number of amides is 1. The van der Waals surface area contributed by atoms with E-state index >= 15 is 0 Å². The summed E-state index contributed by atoms with van der Waals surface area (Å²) < 4.78 is 5.60. The Morgan fingerprint density at radius 2 is 1.65 bits per heavy atom. The van der Waals surface area contributed by atoms with Gasteiger partial charge < -0.3 is 14.7 Å². The highest BCUT2D eigenvalue weighted by Gasteiger charge is 2.40. The van der Waals surface area contributed by atoms with Gasteiger partial charge in [0, 0.05) is 25.4 Å². The van der Waals surface area contributed by atoms with Crippen LogP contribution in [0.4, 0.5) is 0 Å². The minimum absolute atomic E-state index is 0.00802. The van der Waals surface area contributed by atoms with E-state index in [1.807, 2.05) is 60.7 Å². The van der Waals surface area contributed by atoms with Crippen LogP contribution in [0, 0.1) is 5.92 Å². The third kappa shape index (κ3) is 4.42. The number of ether oxygens (including phenoxy) is 1. The SMILES string of the molecule is O=C(O)[C@@H]1CN(C(=O)CCCOc2ccccc2)C[C@@H]1c1ccccc1. The summed E-state index contributed by atoms with van der Waals surface area (Å²) in [5.41, 5.74) is 0.975. The molecule has 1 fully saturated rings. The van der Waals surface area contributed by atoms with E-state index in [0.717, 1.165) is 11.3 Å². The van der Waals surface area contributed by atoms with Crippen LogP contribution in [0.3, 0.4) is 0 Å². The van der Waals surface area contributed by atoms with Gasteiger partial charge in [0.2, 0.25) is 5.91 Å². The molecule has 0 aliphatic carbocycles. The summed E-state index contributed by atoms with van der Waals surface area (Å²) in [5, 5.41) is 9.53. The average molecular weight is 353 g/mol. The van der Waals surface area contributed by atoms with Crippen LogP contribution in [0.15, 0.2) is 60.7 Å². The molecular formula is C21H23NO4. The third-order valence-electron chi connectivity index (χ3n) is 4.76. The van der Waals surface area contributed by atoms with Gasteiger partial charge in [-0.05, 0) is 24.1 Å². The first-order chi connectivity index (χ1) is 12.6. The summed E-state index contributed by atoms with van der Waals surface area (Å²) in [5.74, 6) is -0.774. The molecule has 0 unspecified atom stereocenters. The molecule has 1 amide bonds. The molecule has 2 atom stereocenters. The molecule has 1 aliphatic heterocycles.